The standard InChI is InChI=1S/C12H11N3S2/c1-8-11(16-7-14-8)6-13-12-15-9-4-2-3-5-10(9)17-12/h2-5,7H,6H2,1H3,(H,13,15). The Hall–Kier alpha value is -1.46. The van der Waals surface area contributed by atoms with Crippen molar-refractivity contribution < 1.29 is 0 Å². The molecule has 0 aliphatic heterocycles. The van der Waals surface area contributed by atoms with Crippen molar-refractivity contribution in [1.29, 1.82) is 0 Å². The van der Waals surface area contributed by atoms with Crippen LogP contribution in [0.15, 0.2) is 29.8 Å². The van der Waals surface area contributed by atoms with E-state index in [-0.39, 0.29) is 0 Å². The van der Waals surface area contributed by atoms with E-state index in [4.69, 9.17) is 0 Å². The lowest BCUT2D eigenvalue weighted by molar-refractivity contribution is 1.12. The molecule has 1 N–H and O–H groups in total. The fourth-order valence-corrected chi connectivity index (χ4v) is 3.18. The average Bonchev–Trinajstić information content (AvgIpc) is 2.92. The molecule has 0 bridgehead atoms. The summed E-state index contributed by atoms with van der Waals surface area (Å²) in [6.45, 7) is 2.84. The minimum absolute atomic E-state index is 0.802. The number of hydrogen-bond acceptors (Lipinski definition) is 5. The second kappa shape index (κ2) is 4.43. The largest absolute Gasteiger partial charge is 0.357 e. The van der Waals surface area contributed by atoms with Gasteiger partial charge in [0.2, 0.25) is 0 Å². The van der Waals surface area contributed by atoms with Crippen molar-refractivity contribution in [2.45, 2.75) is 13.5 Å². The van der Waals surface area contributed by atoms with E-state index in [2.05, 4.69) is 21.4 Å². The fraction of sp³-hybridized carbons (Fsp3) is 0.167. The number of nitrogens with one attached hydrogen (secondary N) is 1. The minimum atomic E-state index is 0.802. The molecule has 17 heavy (non-hydrogen) atoms. The summed E-state index contributed by atoms with van der Waals surface area (Å²) in [5.41, 5.74) is 4.04. The zero-order valence-corrected chi connectivity index (χ0v) is 10.9. The highest BCUT2D eigenvalue weighted by Gasteiger charge is 2.04. The average molecular weight is 261 g/mol. The zero-order chi connectivity index (χ0) is 11.7. The van der Waals surface area contributed by atoms with Crippen LogP contribution in [0.1, 0.15) is 10.6 Å². The van der Waals surface area contributed by atoms with Crippen LogP contribution in [-0.2, 0) is 6.54 Å². The summed E-state index contributed by atoms with van der Waals surface area (Å²) in [6.07, 6.45) is 0. The number of thiazole rings is 2. The van der Waals surface area contributed by atoms with Gasteiger partial charge in [-0.2, -0.15) is 0 Å². The quantitative estimate of drug-likeness (QED) is 0.781. The van der Waals surface area contributed by atoms with Crippen molar-refractivity contribution in [3.05, 3.63) is 40.3 Å². The van der Waals surface area contributed by atoms with E-state index in [1.165, 1.54) is 9.58 Å². The molecule has 1 aromatic carbocycles. The predicted molar refractivity (Wildman–Crippen MR) is 73.8 cm³/mol. The van der Waals surface area contributed by atoms with E-state index in [1.807, 2.05) is 30.6 Å². The van der Waals surface area contributed by atoms with Gasteiger partial charge >= 0.3 is 0 Å². The lowest BCUT2D eigenvalue weighted by Crippen LogP contribution is -1.98. The van der Waals surface area contributed by atoms with Gasteiger partial charge in [-0.15, -0.1) is 11.3 Å². The molecule has 86 valence electrons. The maximum Gasteiger partial charge on any atom is 0.184 e. The van der Waals surface area contributed by atoms with Crippen molar-refractivity contribution in [2.24, 2.45) is 0 Å². The van der Waals surface area contributed by atoms with Crippen molar-refractivity contribution in [3.8, 4) is 0 Å². The molecule has 3 aromatic rings. The Kier molecular flexibility index (Phi) is 2.78. The number of hydrogen-bond donors (Lipinski definition) is 1. The monoisotopic (exact) mass is 261 g/mol. The zero-order valence-electron chi connectivity index (χ0n) is 9.30. The number of anilines is 1. The second-order valence-corrected chi connectivity index (χ2v) is 5.67. The van der Waals surface area contributed by atoms with Gasteiger partial charge in [0.25, 0.3) is 0 Å². The number of fused-ring (bicyclic) bond motifs is 1. The molecular formula is C12H11N3S2. The molecule has 0 saturated heterocycles. The number of aromatic nitrogens is 2. The van der Waals surface area contributed by atoms with Crippen LogP contribution in [0.25, 0.3) is 10.2 Å². The normalized spacial score (nSPS) is 10.9. The van der Waals surface area contributed by atoms with Gasteiger partial charge in [0.05, 0.1) is 28.0 Å². The first-order valence-electron chi connectivity index (χ1n) is 5.31. The summed E-state index contributed by atoms with van der Waals surface area (Å²) in [5.74, 6) is 0. The Morgan fingerprint density at radius 1 is 1.29 bits per heavy atom. The highest BCUT2D eigenvalue weighted by atomic mass is 32.1. The first kappa shape index (κ1) is 10.7. The van der Waals surface area contributed by atoms with Crippen LogP contribution in [-0.4, -0.2) is 9.97 Å². The van der Waals surface area contributed by atoms with Crippen molar-refractivity contribution in [2.75, 3.05) is 5.32 Å². The van der Waals surface area contributed by atoms with Crippen LogP contribution >= 0.6 is 22.7 Å². The van der Waals surface area contributed by atoms with E-state index in [0.717, 1.165) is 22.9 Å². The minimum Gasteiger partial charge on any atom is -0.357 e. The third-order valence-electron chi connectivity index (χ3n) is 2.54. The van der Waals surface area contributed by atoms with Gasteiger partial charge in [-0.1, -0.05) is 23.5 Å². The molecule has 0 amide bonds. The predicted octanol–water partition coefficient (Wildman–Crippen LogP) is 3.67. The van der Waals surface area contributed by atoms with Gasteiger partial charge in [0.15, 0.2) is 5.13 Å². The Morgan fingerprint density at radius 3 is 2.94 bits per heavy atom. The lowest BCUT2D eigenvalue weighted by Gasteiger charge is -1.99. The Morgan fingerprint density at radius 2 is 2.18 bits per heavy atom. The SMILES string of the molecule is Cc1ncsc1CNc1nc2ccccc2s1. The van der Waals surface area contributed by atoms with Crippen LogP contribution in [0, 0.1) is 6.92 Å². The Labute approximate surface area is 107 Å². The topological polar surface area (TPSA) is 37.8 Å². The lowest BCUT2D eigenvalue weighted by atomic mass is 10.3. The van der Waals surface area contributed by atoms with Crippen LogP contribution < -0.4 is 5.32 Å². The molecule has 5 heteroatoms. The molecule has 0 unspecified atom stereocenters. The summed E-state index contributed by atoms with van der Waals surface area (Å²) >= 11 is 3.37. The molecule has 2 aromatic heterocycles. The highest BCUT2D eigenvalue weighted by molar-refractivity contribution is 7.22. The summed E-state index contributed by atoms with van der Waals surface area (Å²) in [7, 11) is 0. The smallest absolute Gasteiger partial charge is 0.184 e. The van der Waals surface area contributed by atoms with Gasteiger partial charge < -0.3 is 5.32 Å². The number of para-hydroxylation sites is 1. The maximum atomic E-state index is 4.53. The third-order valence-corrected chi connectivity index (χ3v) is 4.47. The fourth-order valence-electron chi connectivity index (χ4n) is 1.60. The van der Waals surface area contributed by atoms with E-state index in [0.29, 0.717) is 0 Å². The molecule has 0 radical (unpaired) electrons. The van der Waals surface area contributed by atoms with E-state index >= 15 is 0 Å². The maximum absolute atomic E-state index is 4.53. The molecule has 3 rings (SSSR count). The second-order valence-electron chi connectivity index (χ2n) is 3.70. The number of benzene rings is 1. The van der Waals surface area contributed by atoms with Gasteiger partial charge in [0, 0.05) is 4.88 Å². The molecule has 0 aliphatic rings. The summed E-state index contributed by atoms with van der Waals surface area (Å²) in [6, 6.07) is 8.18. The van der Waals surface area contributed by atoms with Crippen molar-refractivity contribution in [1.82, 2.24) is 9.97 Å². The van der Waals surface area contributed by atoms with Crippen LogP contribution in [0.4, 0.5) is 5.13 Å². The summed E-state index contributed by atoms with van der Waals surface area (Å²) in [4.78, 5) is 10.0. The van der Waals surface area contributed by atoms with Crippen LogP contribution in [0.5, 0.6) is 0 Å². The molecule has 0 aliphatic carbocycles. The van der Waals surface area contributed by atoms with Crippen molar-refractivity contribution in [3.63, 3.8) is 0 Å². The number of nitrogens with zero attached hydrogens (tertiary/aromatic N) is 2. The van der Waals surface area contributed by atoms with Crippen molar-refractivity contribution >= 4 is 38.0 Å². The number of aryl methyl sites for hydroxylation is 1. The third kappa shape index (κ3) is 2.16. The summed E-state index contributed by atoms with van der Waals surface area (Å²) < 4.78 is 1.22. The Bertz CT molecular complexity index is 609. The molecule has 0 atom stereocenters. The highest BCUT2D eigenvalue weighted by Crippen LogP contribution is 2.26. The van der Waals surface area contributed by atoms with Gasteiger partial charge in [-0.25, -0.2) is 9.97 Å². The molecule has 0 spiro atoms. The van der Waals surface area contributed by atoms with Gasteiger partial charge in [-0.05, 0) is 19.1 Å². The number of rotatable bonds is 3. The molecular weight excluding hydrogens is 250 g/mol. The van der Waals surface area contributed by atoms with E-state index in [1.54, 1.807) is 22.7 Å². The van der Waals surface area contributed by atoms with Crippen LogP contribution in [0.3, 0.4) is 0 Å². The van der Waals surface area contributed by atoms with E-state index in [9.17, 15) is 0 Å². The molecule has 0 fully saturated rings. The van der Waals surface area contributed by atoms with Gasteiger partial charge in [0.1, 0.15) is 0 Å². The molecule has 3 nitrogen and oxygen atoms in total. The molecule has 0 saturated carbocycles. The first-order valence-corrected chi connectivity index (χ1v) is 7.01. The van der Waals surface area contributed by atoms with Crippen LogP contribution in [0.2, 0.25) is 0 Å². The van der Waals surface area contributed by atoms with Gasteiger partial charge in [-0.3, -0.25) is 0 Å². The first-order chi connectivity index (χ1) is 8.33. The molecule has 2 heterocycles. The Balaban J connectivity index is 1.79. The summed E-state index contributed by atoms with van der Waals surface area (Å²) in [5, 5.41) is 4.33. The van der Waals surface area contributed by atoms with E-state index < -0.39 is 0 Å².